The molecule has 0 atom stereocenters. The fourth-order valence-corrected chi connectivity index (χ4v) is 4.49. The van der Waals surface area contributed by atoms with E-state index in [0.717, 1.165) is 32.1 Å². The van der Waals surface area contributed by atoms with Crippen LogP contribution in [0.3, 0.4) is 0 Å². The van der Waals surface area contributed by atoms with E-state index >= 15 is 0 Å². The van der Waals surface area contributed by atoms with Gasteiger partial charge in [-0.3, -0.25) is 4.79 Å². The number of halogens is 2. The van der Waals surface area contributed by atoms with Crippen LogP contribution in [0.1, 0.15) is 30.0 Å². The largest absolute Gasteiger partial charge is 0.481 e. The summed E-state index contributed by atoms with van der Waals surface area (Å²) in [6.07, 6.45) is 1.84. The van der Waals surface area contributed by atoms with Crippen molar-refractivity contribution in [3.05, 3.63) is 101 Å². The number of carbonyl (C=O) groups is 1. The fourth-order valence-electron chi connectivity index (χ4n) is 3.61. The minimum atomic E-state index is -0.946. The quantitative estimate of drug-likeness (QED) is 0.487. The molecule has 150 valence electrons. The normalized spacial score (nSPS) is 14.3. The predicted octanol–water partition coefficient (Wildman–Crippen LogP) is 6.92. The van der Waals surface area contributed by atoms with Gasteiger partial charge in [-0.25, -0.2) is 8.78 Å². The number of benzene rings is 3. The van der Waals surface area contributed by atoms with Crippen LogP contribution in [0.2, 0.25) is 0 Å². The Morgan fingerprint density at radius 1 is 0.933 bits per heavy atom. The second-order valence-corrected chi connectivity index (χ2v) is 8.20. The van der Waals surface area contributed by atoms with Gasteiger partial charge in [-0.1, -0.05) is 30.0 Å². The average molecular weight is 420 g/mol. The lowest BCUT2D eigenvalue weighted by Gasteiger charge is -2.06. The molecule has 3 aromatic carbocycles. The van der Waals surface area contributed by atoms with E-state index in [1.165, 1.54) is 36.0 Å². The number of carboxylic acids is 1. The van der Waals surface area contributed by atoms with Crippen LogP contribution >= 0.6 is 11.8 Å². The summed E-state index contributed by atoms with van der Waals surface area (Å²) in [5.74, 6) is -1.60. The molecule has 1 aliphatic rings. The molecule has 0 amide bonds. The van der Waals surface area contributed by atoms with Gasteiger partial charge in [0.1, 0.15) is 11.6 Å². The minimum absolute atomic E-state index is 0.153. The van der Waals surface area contributed by atoms with Gasteiger partial charge in [0, 0.05) is 9.79 Å². The van der Waals surface area contributed by atoms with Crippen molar-refractivity contribution in [3.63, 3.8) is 0 Å². The first kappa shape index (κ1) is 20.1. The van der Waals surface area contributed by atoms with Crippen molar-refractivity contribution in [2.24, 2.45) is 0 Å². The molecule has 0 saturated carbocycles. The Hall–Kier alpha value is -3.18. The van der Waals surface area contributed by atoms with Crippen LogP contribution in [-0.4, -0.2) is 11.1 Å². The van der Waals surface area contributed by atoms with E-state index in [1.807, 2.05) is 37.3 Å². The standard InChI is InChI=1S/C25H18F2O2S/c1-15-22(21-10-7-18(27)13-24(21)23(15)14-25(28)29)12-16-3-2-4-20(11-16)30-19-8-5-17(26)6-9-19/h2-13H,14H2,1H3,(H,28,29)/b22-12-. The van der Waals surface area contributed by atoms with Gasteiger partial charge in [-0.15, -0.1) is 0 Å². The van der Waals surface area contributed by atoms with Crippen molar-refractivity contribution in [1.29, 1.82) is 0 Å². The van der Waals surface area contributed by atoms with Crippen LogP contribution in [-0.2, 0) is 4.79 Å². The highest BCUT2D eigenvalue weighted by molar-refractivity contribution is 7.99. The fraction of sp³-hybridized carbons (Fsp3) is 0.0800. The monoisotopic (exact) mass is 420 g/mol. The van der Waals surface area contributed by atoms with Gasteiger partial charge in [0.2, 0.25) is 0 Å². The van der Waals surface area contributed by atoms with Gasteiger partial charge in [-0.2, -0.15) is 0 Å². The average Bonchev–Trinajstić information content (AvgIpc) is 2.95. The number of allylic oxidation sites excluding steroid dienone is 2. The number of aliphatic carboxylic acids is 1. The molecule has 0 aromatic heterocycles. The molecule has 0 aliphatic heterocycles. The zero-order chi connectivity index (χ0) is 21.3. The molecule has 1 N–H and O–H groups in total. The molecule has 30 heavy (non-hydrogen) atoms. The highest BCUT2D eigenvalue weighted by atomic mass is 32.2. The summed E-state index contributed by atoms with van der Waals surface area (Å²) in [4.78, 5) is 13.3. The van der Waals surface area contributed by atoms with E-state index in [2.05, 4.69) is 0 Å². The van der Waals surface area contributed by atoms with Gasteiger partial charge in [0.25, 0.3) is 0 Å². The molecule has 0 unspecified atom stereocenters. The molecule has 0 spiro atoms. The number of hydrogen-bond donors (Lipinski definition) is 1. The van der Waals surface area contributed by atoms with Crippen LogP contribution < -0.4 is 0 Å². The van der Waals surface area contributed by atoms with Gasteiger partial charge in [0.05, 0.1) is 6.42 Å². The lowest BCUT2D eigenvalue weighted by Crippen LogP contribution is -1.97. The summed E-state index contributed by atoms with van der Waals surface area (Å²) in [5.41, 5.74) is 4.79. The van der Waals surface area contributed by atoms with Gasteiger partial charge < -0.3 is 5.11 Å². The number of carboxylic acid groups (broad SMARTS) is 1. The molecule has 4 rings (SSSR count). The van der Waals surface area contributed by atoms with E-state index in [4.69, 9.17) is 0 Å². The summed E-state index contributed by atoms with van der Waals surface area (Å²) < 4.78 is 27.0. The minimum Gasteiger partial charge on any atom is -0.481 e. The number of hydrogen-bond acceptors (Lipinski definition) is 2. The summed E-state index contributed by atoms with van der Waals surface area (Å²) in [6.45, 7) is 1.87. The Balaban J connectivity index is 1.71. The lowest BCUT2D eigenvalue weighted by atomic mass is 10.0. The predicted molar refractivity (Wildman–Crippen MR) is 116 cm³/mol. The van der Waals surface area contributed by atoms with Gasteiger partial charge >= 0.3 is 5.97 Å². The molecule has 0 saturated heterocycles. The van der Waals surface area contributed by atoms with Crippen molar-refractivity contribution in [2.45, 2.75) is 23.1 Å². The van der Waals surface area contributed by atoms with Crippen molar-refractivity contribution in [2.75, 3.05) is 0 Å². The Morgan fingerprint density at radius 2 is 1.67 bits per heavy atom. The van der Waals surface area contributed by atoms with Gasteiger partial charge in [0.15, 0.2) is 0 Å². The maximum atomic E-state index is 13.8. The topological polar surface area (TPSA) is 37.3 Å². The van der Waals surface area contributed by atoms with Crippen LogP contribution in [0.4, 0.5) is 8.78 Å². The van der Waals surface area contributed by atoms with E-state index in [1.54, 1.807) is 18.2 Å². The van der Waals surface area contributed by atoms with E-state index < -0.39 is 5.97 Å². The first-order chi connectivity index (χ1) is 14.4. The van der Waals surface area contributed by atoms with Crippen LogP contribution in [0, 0.1) is 11.6 Å². The van der Waals surface area contributed by atoms with Crippen molar-refractivity contribution in [1.82, 2.24) is 0 Å². The summed E-state index contributed by atoms with van der Waals surface area (Å²) in [6, 6.07) is 18.7. The molecule has 0 heterocycles. The van der Waals surface area contributed by atoms with Gasteiger partial charge in [-0.05, 0) is 94.9 Å². The Bertz CT molecular complexity index is 1190. The second-order valence-electron chi connectivity index (χ2n) is 7.05. The zero-order valence-corrected chi connectivity index (χ0v) is 17.0. The van der Waals surface area contributed by atoms with Crippen LogP contribution in [0.15, 0.2) is 82.1 Å². The molecular weight excluding hydrogens is 402 g/mol. The van der Waals surface area contributed by atoms with Crippen molar-refractivity contribution < 1.29 is 18.7 Å². The maximum Gasteiger partial charge on any atom is 0.307 e. The molecule has 0 radical (unpaired) electrons. The van der Waals surface area contributed by atoms with Crippen molar-refractivity contribution in [3.8, 4) is 0 Å². The van der Waals surface area contributed by atoms with Crippen LogP contribution in [0.25, 0.3) is 17.2 Å². The van der Waals surface area contributed by atoms with Crippen LogP contribution in [0.5, 0.6) is 0 Å². The molecular formula is C25H18F2O2S. The molecule has 3 aromatic rings. The SMILES string of the molecule is CC1=C(CC(=O)O)c2cc(F)ccc2/C1=C\c1cccc(Sc2ccc(F)cc2)c1. The number of fused-ring (bicyclic) bond motifs is 1. The Morgan fingerprint density at radius 3 is 2.40 bits per heavy atom. The third kappa shape index (κ3) is 4.21. The first-order valence-electron chi connectivity index (χ1n) is 9.38. The third-order valence-electron chi connectivity index (χ3n) is 5.00. The number of rotatable bonds is 5. The van der Waals surface area contributed by atoms with Crippen molar-refractivity contribution >= 4 is 35.0 Å². The highest BCUT2D eigenvalue weighted by Crippen LogP contribution is 2.44. The summed E-state index contributed by atoms with van der Waals surface area (Å²) in [7, 11) is 0. The van der Waals surface area contributed by atoms with E-state index in [9.17, 15) is 18.7 Å². The lowest BCUT2D eigenvalue weighted by molar-refractivity contribution is -0.135. The molecule has 2 nitrogen and oxygen atoms in total. The van der Waals surface area contributed by atoms with E-state index in [0.29, 0.717) is 11.1 Å². The smallest absolute Gasteiger partial charge is 0.307 e. The highest BCUT2D eigenvalue weighted by Gasteiger charge is 2.25. The summed E-state index contributed by atoms with van der Waals surface area (Å²) in [5, 5.41) is 9.28. The second kappa shape index (κ2) is 8.28. The molecule has 0 bridgehead atoms. The Labute approximate surface area is 177 Å². The molecule has 5 heteroatoms. The third-order valence-corrected chi connectivity index (χ3v) is 6.00. The zero-order valence-electron chi connectivity index (χ0n) is 16.2. The first-order valence-corrected chi connectivity index (χ1v) is 10.2. The Kier molecular flexibility index (Phi) is 5.55. The summed E-state index contributed by atoms with van der Waals surface area (Å²) >= 11 is 1.53. The maximum absolute atomic E-state index is 13.8. The molecule has 0 fully saturated rings. The van der Waals surface area contributed by atoms with E-state index in [-0.39, 0.29) is 18.1 Å². The molecule has 1 aliphatic carbocycles.